The minimum absolute atomic E-state index is 0.312. The van der Waals surface area contributed by atoms with Crippen LogP contribution in [0.5, 0.6) is 0 Å². The lowest BCUT2D eigenvalue weighted by Crippen LogP contribution is -2.43. The summed E-state index contributed by atoms with van der Waals surface area (Å²) < 4.78 is 5.45. The van der Waals surface area contributed by atoms with Gasteiger partial charge in [-0.2, -0.15) is 0 Å². The van der Waals surface area contributed by atoms with E-state index in [2.05, 4.69) is 61.2 Å². The smallest absolute Gasteiger partial charge is 0.130 e. The average Bonchev–Trinajstić information content (AvgIpc) is 2.69. The van der Waals surface area contributed by atoms with E-state index in [9.17, 15) is 4.79 Å². The van der Waals surface area contributed by atoms with E-state index in [1.165, 1.54) is 17.1 Å². The lowest BCUT2D eigenvalue weighted by atomic mass is 9.68. The molecule has 0 radical (unpaired) electrons. The van der Waals surface area contributed by atoms with Crippen molar-refractivity contribution >= 4 is 17.1 Å². The van der Waals surface area contributed by atoms with Crippen molar-refractivity contribution in [2.45, 2.75) is 32.1 Å². The Hall–Kier alpha value is -1.71. The number of nitrogens with zero attached hydrogens (tertiary/aromatic N) is 1. The number of hydrogen-bond acceptors (Lipinski definition) is 3. The van der Waals surface area contributed by atoms with Crippen LogP contribution in [0.1, 0.15) is 32.3 Å². The fraction of sp³-hybridized carbons (Fsp3) is 0.500. The zero-order valence-corrected chi connectivity index (χ0v) is 15.4. The third kappa shape index (κ3) is 3.78. The molecule has 0 saturated carbocycles. The number of morpholine rings is 1. The molecule has 3 nitrogen and oxygen atoms in total. The van der Waals surface area contributed by atoms with E-state index in [1.54, 1.807) is 0 Å². The maximum absolute atomic E-state index is 12.4. The molecule has 2 unspecified atom stereocenters. The van der Waals surface area contributed by atoms with E-state index in [4.69, 9.17) is 4.74 Å². The number of aldehydes is 1. The van der Waals surface area contributed by atoms with Crippen LogP contribution in [0, 0.1) is 5.92 Å². The van der Waals surface area contributed by atoms with Gasteiger partial charge in [0.2, 0.25) is 0 Å². The van der Waals surface area contributed by atoms with Crippen LogP contribution in [0.2, 0.25) is 0 Å². The SMILES string of the molecule is CCC(C)C(C=O)(CCN1CCOCC1)c1ccc2ccccc2c1. The molecular weight excluding hydrogens is 310 g/mol. The molecule has 3 rings (SSSR count). The van der Waals surface area contributed by atoms with E-state index in [1.807, 2.05) is 0 Å². The van der Waals surface area contributed by atoms with Crippen LogP contribution in [-0.4, -0.2) is 44.0 Å². The van der Waals surface area contributed by atoms with Crippen molar-refractivity contribution < 1.29 is 9.53 Å². The first kappa shape index (κ1) is 18.1. The van der Waals surface area contributed by atoms with Crippen LogP contribution in [0.25, 0.3) is 10.8 Å². The van der Waals surface area contributed by atoms with Crippen molar-refractivity contribution in [2.24, 2.45) is 5.92 Å². The fourth-order valence-electron chi connectivity index (χ4n) is 3.93. The predicted molar refractivity (Wildman–Crippen MR) is 103 cm³/mol. The summed E-state index contributed by atoms with van der Waals surface area (Å²) >= 11 is 0. The summed E-state index contributed by atoms with van der Waals surface area (Å²) in [6, 6.07) is 14.9. The Morgan fingerprint density at radius 2 is 1.88 bits per heavy atom. The molecule has 1 aliphatic rings. The highest BCUT2D eigenvalue weighted by atomic mass is 16.5. The van der Waals surface area contributed by atoms with Gasteiger partial charge in [-0.1, -0.05) is 62.7 Å². The summed E-state index contributed by atoms with van der Waals surface area (Å²) in [7, 11) is 0. The zero-order chi connectivity index (χ0) is 17.7. The maximum atomic E-state index is 12.4. The van der Waals surface area contributed by atoms with E-state index in [0.717, 1.165) is 51.3 Å². The molecule has 0 aromatic heterocycles. The molecule has 0 amide bonds. The molecule has 2 atom stereocenters. The van der Waals surface area contributed by atoms with Crippen LogP contribution in [-0.2, 0) is 14.9 Å². The summed E-state index contributed by atoms with van der Waals surface area (Å²) in [4.78, 5) is 14.8. The molecule has 134 valence electrons. The number of benzene rings is 2. The molecule has 2 aromatic rings. The quantitative estimate of drug-likeness (QED) is 0.713. The van der Waals surface area contributed by atoms with Gasteiger partial charge in [-0.05, 0) is 35.2 Å². The standard InChI is InChI=1S/C22H29NO2/c1-3-18(2)22(17-24,10-11-23-12-14-25-15-13-23)21-9-8-19-6-4-5-7-20(19)16-21/h4-9,16-18H,3,10-15H2,1-2H3. The minimum Gasteiger partial charge on any atom is -0.379 e. The van der Waals surface area contributed by atoms with Gasteiger partial charge in [-0.25, -0.2) is 0 Å². The Morgan fingerprint density at radius 1 is 1.16 bits per heavy atom. The Bertz CT molecular complexity index is 708. The van der Waals surface area contributed by atoms with E-state index < -0.39 is 5.41 Å². The van der Waals surface area contributed by atoms with Crippen LogP contribution in [0.15, 0.2) is 42.5 Å². The molecule has 25 heavy (non-hydrogen) atoms. The van der Waals surface area contributed by atoms with E-state index in [-0.39, 0.29) is 0 Å². The Labute approximate surface area is 151 Å². The fourth-order valence-corrected chi connectivity index (χ4v) is 3.93. The van der Waals surface area contributed by atoms with E-state index >= 15 is 0 Å². The van der Waals surface area contributed by atoms with E-state index in [0.29, 0.717) is 5.92 Å². The molecule has 1 aliphatic heterocycles. The first-order valence-electron chi connectivity index (χ1n) is 9.45. The molecule has 3 heteroatoms. The summed E-state index contributed by atoms with van der Waals surface area (Å²) in [5.41, 5.74) is 0.737. The molecule has 0 bridgehead atoms. The van der Waals surface area contributed by atoms with Gasteiger partial charge in [0.1, 0.15) is 6.29 Å². The second-order valence-electron chi connectivity index (χ2n) is 7.23. The second kappa shape index (κ2) is 8.11. The molecule has 0 N–H and O–H groups in total. The zero-order valence-electron chi connectivity index (χ0n) is 15.4. The van der Waals surface area contributed by atoms with Gasteiger partial charge in [-0.15, -0.1) is 0 Å². The van der Waals surface area contributed by atoms with Crippen LogP contribution < -0.4 is 0 Å². The normalized spacial score (nSPS) is 19.4. The predicted octanol–water partition coefficient (Wildman–Crippen LogP) is 4.04. The third-order valence-electron chi connectivity index (χ3n) is 5.93. The first-order chi connectivity index (χ1) is 12.2. The average molecular weight is 339 g/mol. The van der Waals surface area contributed by atoms with Crippen molar-refractivity contribution in [1.29, 1.82) is 0 Å². The highest BCUT2D eigenvalue weighted by Gasteiger charge is 2.37. The van der Waals surface area contributed by atoms with Crippen LogP contribution in [0.3, 0.4) is 0 Å². The monoisotopic (exact) mass is 339 g/mol. The Balaban J connectivity index is 1.92. The first-order valence-corrected chi connectivity index (χ1v) is 9.45. The van der Waals surface area contributed by atoms with Gasteiger partial charge in [0, 0.05) is 13.1 Å². The maximum Gasteiger partial charge on any atom is 0.130 e. The van der Waals surface area contributed by atoms with Gasteiger partial charge < -0.3 is 9.53 Å². The lowest BCUT2D eigenvalue weighted by molar-refractivity contribution is -0.115. The molecule has 2 aromatic carbocycles. The van der Waals surface area contributed by atoms with Crippen molar-refractivity contribution in [1.82, 2.24) is 4.90 Å². The lowest BCUT2D eigenvalue weighted by Gasteiger charge is -2.37. The highest BCUT2D eigenvalue weighted by molar-refractivity contribution is 5.84. The van der Waals surface area contributed by atoms with Gasteiger partial charge in [-0.3, -0.25) is 4.90 Å². The van der Waals surface area contributed by atoms with Crippen molar-refractivity contribution in [2.75, 3.05) is 32.8 Å². The number of carbonyl (C=O) groups excluding carboxylic acids is 1. The number of rotatable bonds is 7. The second-order valence-corrected chi connectivity index (χ2v) is 7.23. The summed E-state index contributed by atoms with van der Waals surface area (Å²) in [6.07, 6.45) is 3.07. The molecular formula is C22H29NO2. The van der Waals surface area contributed by atoms with Gasteiger partial charge >= 0.3 is 0 Å². The molecule has 1 fully saturated rings. The summed E-state index contributed by atoms with van der Waals surface area (Å²) in [5.74, 6) is 0.312. The number of fused-ring (bicyclic) bond motifs is 1. The Morgan fingerprint density at radius 3 is 2.56 bits per heavy atom. The Kier molecular flexibility index (Phi) is 5.87. The van der Waals surface area contributed by atoms with Crippen molar-refractivity contribution in [3.05, 3.63) is 48.0 Å². The molecule has 1 saturated heterocycles. The van der Waals surface area contributed by atoms with Gasteiger partial charge in [0.15, 0.2) is 0 Å². The largest absolute Gasteiger partial charge is 0.379 e. The molecule has 0 aliphatic carbocycles. The molecule has 1 heterocycles. The molecule has 0 spiro atoms. The highest BCUT2D eigenvalue weighted by Crippen LogP contribution is 2.37. The minimum atomic E-state index is -0.420. The number of carbonyl (C=O) groups is 1. The number of ether oxygens (including phenoxy) is 1. The summed E-state index contributed by atoms with van der Waals surface area (Å²) in [6.45, 7) is 8.86. The van der Waals surface area contributed by atoms with Gasteiger partial charge in [0.05, 0.1) is 18.6 Å². The number of hydrogen-bond donors (Lipinski definition) is 0. The van der Waals surface area contributed by atoms with Crippen LogP contribution >= 0.6 is 0 Å². The third-order valence-corrected chi connectivity index (χ3v) is 5.93. The topological polar surface area (TPSA) is 29.5 Å². The summed E-state index contributed by atoms with van der Waals surface area (Å²) in [5, 5.41) is 2.43. The van der Waals surface area contributed by atoms with Crippen molar-refractivity contribution in [3.63, 3.8) is 0 Å². The van der Waals surface area contributed by atoms with Gasteiger partial charge in [0.25, 0.3) is 0 Å². The van der Waals surface area contributed by atoms with Crippen LogP contribution in [0.4, 0.5) is 0 Å². The van der Waals surface area contributed by atoms with Crippen molar-refractivity contribution in [3.8, 4) is 0 Å².